The summed E-state index contributed by atoms with van der Waals surface area (Å²) >= 11 is 0. The first-order valence-corrected chi connectivity index (χ1v) is 12.6. The number of hydrogen-bond donors (Lipinski definition) is 1. The summed E-state index contributed by atoms with van der Waals surface area (Å²) in [6, 6.07) is 6.10. The third-order valence-electron chi connectivity index (χ3n) is 5.56. The molecular formula is C22H34N4O5S. The van der Waals surface area contributed by atoms with Crippen molar-refractivity contribution in [2.24, 2.45) is 0 Å². The van der Waals surface area contributed by atoms with Gasteiger partial charge in [0.15, 0.2) is 0 Å². The van der Waals surface area contributed by atoms with E-state index in [2.05, 4.69) is 10.2 Å². The van der Waals surface area contributed by atoms with Crippen molar-refractivity contribution in [2.75, 3.05) is 52.4 Å². The maximum Gasteiger partial charge on any atom is 0.410 e. The van der Waals surface area contributed by atoms with Gasteiger partial charge in [0, 0.05) is 57.9 Å². The highest BCUT2D eigenvalue weighted by atomic mass is 32.2. The van der Waals surface area contributed by atoms with Gasteiger partial charge < -0.3 is 15.0 Å². The van der Waals surface area contributed by atoms with Gasteiger partial charge in [-0.15, -0.1) is 0 Å². The highest BCUT2D eigenvalue weighted by molar-refractivity contribution is 7.89. The maximum atomic E-state index is 12.6. The Bertz CT molecular complexity index is 897. The molecule has 10 heteroatoms. The van der Waals surface area contributed by atoms with Crippen LogP contribution in [0.15, 0.2) is 29.2 Å². The highest BCUT2D eigenvalue weighted by Crippen LogP contribution is 2.21. The van der Waals surface area contributed by atoms with Crippen LogP contribution in [-0.2, 0) is 14.8 Å². The fourth-order valence-electron chi connectivity index (χ4n) is 3.77. The Morgan fingerprint density at radius 1 is 0.969 bits per heavy atom. The van der Waals surface area contributed by atoms with Crippen molar-refractivity contribution >= 4 is 22.0 Å². The molecule has 2 aliphatic rings. The van der Waals surface area contributed by atoms with Crippen molar-refractivity contribution in [1.29, 1.82) is 0 Å². The third kappa shape index (κ3) is 6.43. The van der Waals surface area contributed by atoms with Crippen LogP contribution in [0.1, 0.15) is 44.0 Å². The largest absolute Gasteiger partial charge is 0.444 e. The number of carbonyl (C=O) groups is 2. The lowest BCUT2D eigenvalue weighted by molar-refractivity contribution is 0.0147. The molecule has 0 saturated carbocycles. The van der Waals surface area contributed by atoms with Crippen molar-refractivity contribution in [3.05, 3.63) is 29.8 Å². The Balaban J connectivity index is 1.41. The minimum absolute atomic E-state index is 0.221. The zero-order valence-corrected chi connectivity index (χ0v) is 20.0. The summed E-state index contributed by atoms with van der Waals surface area (Å²) in [4.78, 5) is 28.7. The van der Waals surface area contributed by atoms with Gasteiger partial charge in [0.05, 0.1) is 4.90 Å². The van der Waals surface area contributed by atoms with E-state index in [1.807, 2.05) is 20.8 Å². The van der Waals surface area contributed by atoms with Crippen LogP contribution in [0.3, 0.4) is 0 Å². The van der Waals surface area contributed by atoms with Gasteiger partial charge in [0.1, 0.15) is 5.60 Å². The van der Waals surface area contributed by atoms with Crippen molar-refractivity contribution < 1.29 is 22.7 Å². The molecule has 1 aromatic carbocycles. The molecule has 32 heavy (non-hydrogen) atoms. The number of benzene rings is 1. The summed E-state index contributed by atoms with van der Waals surface area (Å²) in [5.74, 6) is -0.234. The molecule has 0 atom stereocenters. The molecule has 2 amide bonds. The van der Waals surface area contributed by atoms with Crippen LogP contribution in [0.2, 0.25) is 0 Å². The minimum atomic E-state index is -3.48. The summed E-state index contributed by atoms with van der Waals surface area (Å²) in [5, 5.41) is 2.88. The molecule has 0 aromatic heterocycles. The average Bonchev–Trinajstić information content (AvgIpc) is 3.29. The lowest BCUT2D eigenvalue weighted by Gasteiger charge is -2.35. The second-order valence-corrected chi connectivity index (χ2v) is 11.1. The average molecular weight is 467 g/mol. The SMILES string of the molecule is CC(C)(C)OC(=O)N1CCN(CCNC(=O)c2ccc(S(=O)(=O)N3CCCC3)cc2)CC1. The van der Waals surface area contributed by atoms with Gasteiger partial charge in [-0.25, -0.2) is 13.2 Å². The van der Waals surface area contributed by atoms with E-state index in [1.165, 1.54) is 16.4 Å². The van der Waals surface area contributed by atoms with E-state index in [1.54, 1.807) is 17.0 Å². The van der Waals surface area contributed by atoms with Crippen molar-refractivity contribution in [2.45, 2.75) is 44.1 Å². The predicted molar refractivity (Wildman–Crippen MR) is 121 cm³/mol. The Morgan fingerprint density at radius 2 is 1.56 bits per heavy atom. The lowest BCUT2D eigenvalue weighted by Crippen LogP contribution is -2.51. The second-order valence-electron chi connectivity index (χ2n) is 9.20. The molecule has 3 rings (SSSR count). The fraction of sp³-hybridized carbons (Fsp3) is 0.636. The molecule has 2 fully saturated rings. The molecule has 2 heterocycles. The molecule has 0 aliphatic carbocycles. The van der Waals surface area contributed by atoms with Crippen LogP contribution >= 0.6 is 0 Å². The molecule has 2 saturated heterocycles. The van der Waals surface area contributed by atoms with Crippen molar-refractivity contribution in [3.63, 3.8) is 0 Å². The molecule has 2 aliphatic heterocycles. The first-order valence-electron chi connectivity index (χ1n) is 11.1. The number of ether oxygens (including phenoxy) is 1. The fourth-order valence-corrected chi connectivity index (χ4v) is 5.28. The lowest BCUT2D eigenvalue weighted by atomic mass is 10.2. The van der Waals surface area contributed by atoms with Gasteiger partial charge in [0.2, 0.25) is 10.0 Å². The topological polar surface area (TPSA) is 99.3 Å². The summed E-state index contributed by atoms with van der Waals surface area (Å²) in [7, 11) is -3.48. The monoisotopic (exact) mass is 466 g/mol. The van der Waals surface area contributed by atoms with Gasteiger partial charge in [-0.3, -0.25) is 9.69 Å². The van der Waals surface area contributed by atoms with Gasteiger partial charge in [-0.05, 0) is 57.9 Å². The molecule has 0 radical (unpaired) electrons. The minimum Gasteiger partial charge on any atom is -0.444 e. The highest BCUT2D eigenvalue weighted by Gasteiger charge is 2.27. The predicted octanol–water partition coefficient (Wildman–Crippen LogP) is 1.75. The third-order valence-corrected chi connectivity index (χ3v) is 7.47. The van der Waals surface area contributed by atoms with E-state index < -0.39 is 15.6 Å². The van der Waals surface area contributed by atoms with E-state index in [9.17, 15) is 18.0 Å². The normalized spacial score (nSPS) is 18.5. The maximum absolute atomic E-state index is 12.6. The van der Waals surface area contributed by atoms with Crippen LogP contribution in [0.5, 0.6) is 0 Å². The van der Waals surface area contributed by atoms with Crippen LogP contribution in [0.4, 0.5) is 4.79 Å². The Kier molecular flexibility index (Phi) is 7.79. The zero-order valence-electron chi connectivity index (χ0n) is 19.2. The van der Waals surface area contributed by atoms with Crippen molar-refractivity contribution in [1.82, 2.24) is 19.4 Å². The van der Waals surface area contributed by atoms with Gasteiger partial charge in [0.25, 0.3) is 5.91 Å². The van der Waals surface area contributed by atoms with Crippen LogP contribution < -0.4 is 5.32 Å². The van der Waals surface area contributed by atoms with Crippen LogP contribution in [0.25, 0.3) is 0 Å². The molecular weight excluding hydrogens is 432 g/mol. The summed E-state index contributed by atoms with van der Waals surface area (Å²) in [6.45, 7) is 10.4. The molecule has 1 N–H and O–H groups in total. The number of nitrogens with one attached hydrogen (secondary N) is 1. The summed E-state index contributed by atoms with van der Waals surface area (Å²) < 4.78 is 32.1. The number of amides is 2. The van der Waals surface area contributed by atoms with E-state index in [0.29, 0.717) is 44.8 Å². The first kappa shape index (κ1) is 24.5. The Hall–Kier alpha value is -2.17. The van der Waals surface area contributed by atoms with Crippen LogP contribution in [-0.4, -0.2) is 92.5 Å². The Morgan fingerprint density at radius 3 is 2.12 bits per heavy atom. The van der Waals surface area contributed by atoms with E-state index in [0.717, 1.165) is 25.9 Å². The number of carbonyl (C=O) groups excluding carboxylic acids is 2. The molecule has 0 spiro atoms. The van der Waals surface area contributed by atoms with Crippen molar-refractivity contribution in [3.8, 4) is 0 Å². The quantitative estimate of drug-likeness (QED) is 0.686. The smallest absolute Gasteiger partial charge is 0.410 e. The Labute approximate surface area is 190 Å². The molecule has 178 valence electrons. The first-order chi connectivity index (χ1) is 15.1. The second kappa shape index (κ2) is 10.2. The van der Waals surface area contributed by atoms with E-state index >= 15 is 0 Å². The molecule has 0 unspecified atom stereocenters. The van der Waals surface area contributed by atoms with Gasteiger partial charge in [-0.1, -0.05) is 0 Å². The zero-order chi connectivity index (χ0) is 23.4. The van der Waals surface area contributed by atoms with E-state index in [-0.39, 0.29) is 16.9 Å². The summed E-state index contributed by atoms with van der Waals surface area (Å²) in [5.41, 5.74) is -0.0742. The molecule has 0 bridgehead atoms. The standard InChI is InChI=1S/C22H34N4O5S/c1-22(2,3)31-21(28)25-16-14-24(15-17-25)13-10-23-20(27)18-6-8-19(9-7-18)32(29,30)26-11-4-5-12-26/h6-9H,4-5,10-17H2,1-3H3,(H,23,27). The number of hydrogen-bond acceptors (Lipinski definition) is 6. The molecule has 1 aromatic rings. The number of rotatable bonds is 6. The summed E-state index contributed by atoms with van der Waals surface area (Å²) in [6.07, 6.45) is 1.48. The van der Waals surface area contributed by atoms with E-state index in [4.69, 9.17) is 4.74 Å². The van der Waals surface area contributed by atoms with Crippen LogP contribution in [0, 0.1) is 0 Å². The number of piperazine rings is 1. The number of nitrogens with zero attached hydrogens (tertiary/aromatic N) is 3. The molecule has 9 nitrogen and oxygen atoms in total. The van der Waals surface area contributed by atoms with Gasteiger partial charge in [-0.2, -0.15) is 4.31 Å². The number of sulfonamides is 1. The van der Waals surface area contributed by atoms with Gasteiger partial charge >= 0.3 is 6.09 Å².